The van der Waals surface area contributed by atoms with Crippen LogP contribution in [0.25, 0.3) is 10.2 Å². The summed E-state index contributed by atoms with van der Waals surface area (Å²) in [5.74, 6) is -0.0783. The normalized spacial score (nSPS) is 15.2. The lowest BCUT2D eigenvalue weighted by molar-refractivity contribution is -0.123. The van der Waals surface area contributed by atoms with E-state index in [1.807, 2.05) is 37.3 Å². The first-order valence-electron chi connectivity index (χ1n) is 8.47. The maximum Gasteiger partial charge on any atom is 0.279 e. The Morgan fingerprint density at radius 3 is 2.65 bits per heavy atom. The Morgan fingerprint density at radius 2 is 1.92 bits per heavy atom. The maximum atomic E-state index is 12.2. The molecule has 0 amide bonds. The minimum atomic E-state index is -0.650. The molecule has 0 saturated heterocycles. The fourth-order valence-electron chi connectivity index (χ4n) is 3.31. The number of carbonyl (C=O) groups is 2. The number of hydrogen-bond donors (Lipinski definition) is 0. The fraction of sp³-hybridized carbons (Fsp3) is 0.250. The molecule has 1 saturated carbocycles. The van der Waals surface area contributed by atoms with Gasteiger partial charge < -0.3 is 4.74 Å². The number of rotatable bonds is 4. The Kier molecular flexibility index (Phi) is 4.51. The third-order valence-electron chi connectivity index (χ3n) is 4.61. The molecule has 4 nitrogen and oxygen atoms in total. The third kappa shape index (κ3) is 3.13. The van der Waals surface area contributed by atoms with Crippen molar-refractivity contribution in [2.45, 2.75) is 32.1 Å². The van der Waals surface area contributed by atoms with Gasteiger partial charge in [-0.25, -0.2) is 4.98 Å². The molecule has 1 aromatic heterocycles. The Morgan fingerprint density at radius 1 is 1.15 bits per heavy atom. The molecule has 1 fully saturated rings. The van der Waals surface area contributed by atoms with Crippen LogP contribution in [0.4, 0.5) is 0 Å². The van der Waals surface area contributed by atoms with Gasteiger partial charge in [-0.05, 0) is 47.9 Å². The highest BCUT2D eigenvalue weighted by Gasteiger charge is 2.35. The van der Waals surface area contributed by atoms with Crippen LogP contribution in [0.2, 0.25) is 5.02 Å². The molecule has 0 N–H and O–H groups in total. The summed E-state index contributed by atoms with van der Waals surface area (Å²) in [6, 6.07) is 11.1. The first-order valence-corrected chi connectivity index (χ1v) is 9.67. The number of benzene rings is 2. The zero-order valence-electron chi connectivity index (χ0n) is 14.1. The highest BCUT2D eigenvalue weighted by atomic mass is 35.5. The Balaban J connectivity index is 1.69. The molecule has 1 aliphatic rings. The topological polar surface area (TPSA) is 56.3 Å². The lowest BCUT2D eigenvalue weighted by Crippen LogP contribution is -2.14. The number of fused-ring (bicyclic) bond motifs is 1. The van der Waals surface area contributed by atoms with Crippen LogP contribution < -0.4 is 4.74 Å². The van der Waals surface area contributed by atoms with Crippen molar-refractivity contribution in [3.05, 3.63) is 52.5 Å². The lowest BCUT2D eigenvalue weighted by atomic mass is 9.90. The number of aromatic nitrogens is 1. The zero-order valence-corrected chi connectivity index (χ0v) is 15.7. The summed E-state index contributed by atoms with van der Waals surface area (Å²) < 4.78 is 6.90. The van der Waals surface area contributed by atoms with Gasteiger partial charge >= 0.3 is 0 Å². The molecule has 0 radical (unpaired) electrons. The van der Waals surface area contributed by atoms with E-state index in [4.69, 9.17) is 16.3 Å². The molecule has 0 unspecified atom stereocenters. The standard InChI is InChI=1S/C20H16ClNO3S/c1-2-11-3-5-13(10-14(11)19-16(23)6-7-17(19)24)25-20-22-15-9-12(21)4-8-18(15)26-20/h3-5,8-10,19H,2,6-7H2,1H3. The van der Waals surface area contributed by atoms with Crippen LogP contribution in [0, 0.1) is 0 Å². The van der Waals surface area contributed by atoms with E-state index in [1.54, 1.807) is 6.07 Å². The molecule has 0 aliphatic heterocycles. The Hall–Kier alpha value is -2.24. The molecule has 0 atom stereocenters. The number of thiazole rings is 1. The number of halogens is 1. The SMILES string of the molecule is CCc1ccc(Oc2nc3cc(Cl)ccc3s2)cc1C1C(=O)CCC1=O. The van der Waals surface area contributed by atoms with Gasteiger partial charge in [-0.3, -0.25) is 9.59 Å². The van der Waals surface area contributed by atoms with Crippen LogP contribution in [0.1, 0.15) is 36.8 Å². The molecule has 132 valence electrons. The van der Waals surface area contributed by atoms with Crippen LogP contribution >= 0.6 is 22.9 Å². The number of hydrogen-bond acceptors (Lipinski definition) is 5. The fourth-order valence-corrected chi connectivity index (χ4v) is 4.29. The van der Waals surface area contributed by atoms with Crippen LogP contribution in [-0.4, -0.2) is 16.6 Å². The molecular formula is C20H16ClNO3S. The van der Waals surface area contributed by atoms with Gasteiger partial charge in [0.1, 0.15) is 23.2 Å². The van der Waals surface area contributed by atoms with Crippen molar-refractivity contribution in [2.75, 3.05) is 0 Å². The van der Waals surface area contributed by atoms with Crippen molar-refractivity contribution in [3.8, 4) is 10.9 Å². The van der Waals surface area contributed by atoms with E-state index in [9.17, 15) is 9.59 Å². The van der Waals surface area contributed by atoms with Gasteiger partial charge in [0.05, 0.1) is 10.2 Å². The second-order valence-corrected chi connectivity index (χ2v) is 7.70. The van der Waals surface area contributed by atoms with Crippen molar-refractivity contribution in [1.29, 1.82) is 0 Å². The average molecular weight is 386 g/mol. The van der Waals surface area contributed by atoms with Gasteiger partial charge in [-0.2, -0.15) is 0 Å². The van der Waals surface area contributed by atoms with Gasteiger partial charge in [0.25, 0.3) is 5.19 Å². The minimum Gasteiger partial charge on any atom is -0.431 e. The summed E-state index contributed by atoms with van der Waals surface area (Å²) in [6.45, 7) is 2.01. The molecule has 4 rings (SSSR count). The number of ether oxygens (including phenoxy) is 1. The molecule has 26 heavy (non-hydrogen) atoms. The number of carbonyl (C=O) groups excluding carboxylic acids is 2. The van der Waals surface area contributed by atoms with Crippen LogP contribution in [0.5, 0.6) is 10.9 Å². The number of ketones is 2. The second-order valence-electron chi connectivity index (χ2n) is 6.27. The minimum absolute atomic E-state index is 0.00326. The Labute approximate surface area is 159 Å². The van der Waals surface area contributed by atoms with E-state index in [0.29, 0.717) is 28.8 Å². The molecule has 1 heterocycles. The van der Waals surface area contributed by atoms with Gasteiger partial charge in [0, 0.05) is 17.9 Å². The Bertz CT molecular complexity index is 1010. The molecule has 0 bridgehead atoms. The summed E-state index contributed by atoms with van der Waals surface area (Å²) in [5.41, 5.74) is 2.55. The maximum absolute atomic E-state index is 12.2. The van der Waals surface area contributed by atoms with Gasteiger partial charge in [-0.15, -0.1) is 0 Å². The zero-order chi connectivity index (χ0) is 18.3. The third-order valence-corrected chi connectivity index (χ3v) is 5.76. The van der Waals surface area contributed by atoms with Crippen molar-refractivity contribution < 1.29 is 14.3 Å². The smallest absolute Gasteiger partial charge is 0.279 e. The summed E-state index contributed by atoms with van der Waals surface area (Å²) in [7, 11) is 0. The highest BCUT2D eigenvalue weighted by Crippen LogP contribution is 2.36. The van der Waals surface area contributed by atoms with Crippen LogP contribution in [-0.2, 0) is 16.0 Å². The quantitative estimate of drug-likeness (QED) is 0.570. The monoisotopic (exact) mass is 385 g/mol. The number of nitrogens with zero attached hydrogens (tertiary/aromatic N) is 1. The van der Waals surface area contributed by atoms with E-state index < -0.39 is 5.92 Å². The summed E-state index contributed by atoms with van der Waals surface area (Å²) in [6.07, 6.45) is 1.42. The van der Waals surface area contributed by atoms with Crippen LogP contribution in [0.3, 0.4) is 0 Å². The van der Waals surface area contributed by atoms with E-state index in [2.05, 4.69) is 4.98 Å². The van der Waals surface area contributed by atoms with Gasteiger partial charge in [0.15, 0.2) is 0 Å². The molecule has 2 aromatic carbocycles. The molecule has 3 aromatic rings. The van der Waals surface area contributed by atoms with Crippen LogP contribution in [0.15, 0.2) is 36.4 Å². The summed E-state index contributed by atoms with van der Waals surface area (Å²) in [5, 5.41) is 1.13. The van der Waals surface area contributed by atoms with E-state index >= 15 is 0 Å². The second kappa shape index (κ2) is 6.82. The first kappa shape index (κ1) is 17.2. The van der Waals surface area contributed by atoms with Crippen molar-refractivity contribution in [2.24, 2.45) is 0 Å². The molecule has 1 aliphatic carbocycles. The summed E-state index contributed by atoms with van der Waals surface area (Å²) in [4.78, 5) is 28.8. The summed E-state index contributed by atoms with van der Waals surface area (Å²) >= 11 is 7.43. The van der Waals surface area contributed by atoms with E-state index in [1.165, 1.54) is 11.3 Å². The predicted molar refractivity (Wildman–Crippen MR) is 103 cm³/mol. The van der Waals surface area contributed by atoms with E-state index in [-0.39, 0.29) is 11.6 Å². The number of Topliss-reactive ketones (excluding diaryl/α,β-unsaturated/α-hetero) is 2. The molecule has 0 spiro atoms. The van der Waals surface area contributed by atoms with E-state index in [0.717, 1.165) is 27.8 Å². The van der Waals surface area contributed by atoms with Crippen molar-refractivity contribution in [3.63, 3.8) is 0 Å². The largest absolute Gasteiger partial charge is 0.431 e. The van der Waals surface area contributed by atoms with Crippen molar-refractivity contribution in [1.82, 2.24) is 4.98 Å². The average Bonchev–Trinajstić information content (AvgIpc) is 3.16. The molecular weight excluding hydrogens is 370 g/mol. The predicted octanol–water partition coefficient (Wildman–Crippen LogP) is 5.32. The molecule has 6 heteroatoms. The first-order chi connectivity index (χ1) is 12.5. The van der Waals surface area contributed by atoms with Crippen molar-refractivity contribution >= 4 is 44.7 Å². The van der Waals surface area contributed by atoms with Gasteiger partial charge in [0.2, 0.25) is 0 Å². The number of aryl methyl sites for hydroxylation is 1. The lowest BCUT2D eigenvalue weighted by Gasteiger charge is -2.14. The highest BCUT2D eigenvalue weighted by molar-refractivity contribution is 7.20. The van der Waals surface area contributed by atoms with Gasteiger partial charge in [-0.1, -0.05) is 35.9 Å².